The maximum Gasteiger partial charge on any atom is 0.325 e. The van der Waals surface area contributed by atoms with Crippen molar-refractivity contribution in [3.05, 3.63) is 35.9 Å². The minimum absolute atomic E-state index is 0.228. The van der Waals surface area contributed by atoms with Gasteiger partial charge in [0.15, 0.2) is 0 Å². The Morgan fingerprint density at radius 1 is 1.12 bits per heavy atom. The van der Waals surface area contributed by atoms with Crippen LogP contribution in [0.25, 0.3) is 0 Å². The molecule has 0 radical (unpaired) electrons. The van der Waals surface area contributed by atoms with Gasteiger partial charge in [0, 0.05) is 6.54 Å². The fourth-order valence-corrected chi connectivity index (χ4v) is 3.33. The zero-order valence-corrected chi connectivity index (χ0v) is 15.0. The van der Waals surface area contributed by atoms with Crippen molar-refractivity contribution in [3.63, 3.8) is 0 Å². The van der Waals surface area contributed by atoms with E-state index in [9.17, 15) is 14.4 Å². The van der Waals surface area contributed by atoms with Gasteiger partial charge in [-0.05, 0) is 24.8 Å². The summed E-state index contributed by atoms with van der Waals surface area (Å²) in [5.74, 6) is -0.595. The molecule has 4 amide bonds. The van der Waals surface area contributed by atoms with Crippen molar-refractivity contribution in [2.45, 2.75) is 51.5 Å². The molecule has 0 atom stereocenters. The third-order valence-corrected chi connectivity index (χ3v) is 4.48. The molecule has 1 aromatic rings. The molecule has 0 aromatic heterocycles. The molecule has 1 fully saturated rings. The molecule has 0 unspecified atom stereocenters. The Morgan fingerprint density at radius 2 is 1.76 bits per heavy atom. The Morgan fingerprint density at radius 3 is 2.36 bits per heavy atom. The van der Waals surface area contributed by atoms with Gasteiger partial charge >= 0.3 is 6.03 Å². The summed E-state index contributed by atoms with van der Waals surface area (Å²) in [5.41, 5.74) is 0.285. The fraction of sp³-hybridized carbons (Fsp3) is 0.526. The molecule has 0 spiro atoms. The average molecular weight is 345 g/mol. The smallest absolute Gasteiger partial charge is 0.325 e. The van der Waals surface area contributed by atoms with E-state index < -0.39 is 11.6 Å². The molecular weight excluding hydrogens is 318 g/mol. The van der Waals surface area contributed by atoms with Crippen molar-refractivity contribution in [1.82, 2.24) is 15.5 Å². The molecule has 1 aliphatic heterocycles. The first kappa shape index (κ1) is 19.0. The van der Waals surface area contributed by atoms with Crippen molar-refractivity contribution in [2.75, 3.05) is 13.1 Å². The summed E-state index contributed by atoms with van der Waals surface area (Å²) >= 11 is 0. The van der Waals surface area contributed by atoms with E-state index in [-0.39, 0.29) is 18.4 Å². The number of urea groups is 1. The quantitative estimate of drug-likeness (QED) is 0.674. The van der Waals surface area contributed by atoms with Crippen molar-refractivity contribution < 1.29 is 14.4 Å². The summed E-state index contributed by atoms with van der Waals surface area (Å²) in [4.78, 5) is 38.1. The fourth-order valence-electron chi connectivity index (χ4n) is 3.33. The minimum Gasteiger partial charge on any atom is -0.354 e. The van der Waals surface area contributed by atoms with Crippen LogP contribution in [0.4, 0.5) is 4.79 Å². The van der Waals surface area contributed by atoms with E-state index in [1.807, 2.05) is 44.2 Å². The number of nitrogens with zero attached hydrogens (tertiary/aromatic N) is 1. The SMILES string of the molecule is CCCC1(CCC)NC(=O)N(CC(=O)NCCc2ccccc2)C1=O. The van der Waals surface area contributed by atoms with Gasteiger partial charge in [0.25, 0.3) is 5.91 Å². The van der Waals surface area contributed by atoms with Crippen LogP contribution in [0.2, 0.25) is 0 Å². The maximum atomic E-state index is 12.7. The lowest BCUT2D eigenvalue weighted by Gasteiger charge is -2.25. The Labute approximate surface area is 149 Å². The van der Waals surface area contributed by atoms with Crippen LogP contribution in [0, 0.1) is 0 Å². The van der Waals surface area contributed by atoms with Crippen LogP contribution < -0.4 is 10.6 Å². The van der Waals surface area contributed by atoms with Crippen LogP contribution in [0.5, 0.6) is 0 Å². The third kappa shape index (κ3) is 4.59. The Balaban J connectivity index is 1.89. The second kappa shape index (κ2) is 8.65. The summed E-state index contributed by atoms with van der Waals surface area (Å²) in [6.07, 6.45) is 3.49. The number of amides is 4. The first-order valence-electron chi connectivity index (χ1n) is 8.97. The van der Waals surface area contributed by atoms with E-state index >= 15 is 0 Å². The van der Waals surface area contributed by atoms with Crippen LogP contribution in [0.15, 0.2) is 30.3 Å². The molecule has 2 N–H and O–H groups in total. The van der Waals surface area contributed by atoms with E-state index in [1.54, 1.807) is 0 Å². The van der Waals surface area contributed by atoms with Gasteiger partial charge in [-0.25, -0.2) is 4.79 Å². The highest BCUT2D eigenvalue weighted by molar-refractivity contribution is 6.09. The maximum absolute atomic E-state index is 12.7. The molecule has 1 saturated heterocycles. The lowest BCUT2D eigenvalue weighted by molar-refractivity contribution is -0.135. The van der Waals surface area contributed by atoms with Crippen LogP contribution in [0.3, 0.4) is 0 Å². The second-order valence-electron chi connectivity index (χ2n) is 6.49. The number of rotatable bonds is 9. The monoisotopic (exact) mass is 345 g/mol. The molecule has 1 aromatic carbocycles. The highest BCUT2D eigenvalue weighted by atomic mass is 16.2. The summed E-state index contributed by atoms with van der Waals surface area (Å²) in [5, 5.41) is 5.59. The van der Waals surface area contributed by atoms with Gasteiger partial charge in [0.2, 0.25) is 5.91 Å². The van der Waals surface area contributed by atoms with Gasteiger partial charge in [-0.2, -0.15) is 0 Å². The molecule has 0 saturated carbocycles. The van der Waals surface area contributed by atoms with E-state index in [4.69, 9.17) is 0 Å². The third-order valence-electron chi connectivity index (χ3n) is 4.48. The topological polar surface area (TPSA) is 78.5 Å². The summed E-state index contributed by atoms with van der Waals surface area (Å²) in [7, 11) is 0. The van der Waals surface area contributed by atoms with Crippen molar-refractivity contribution in [2.24, 2.45) is 0 Å². The first-order chi connectivity index (χ1) is 12.0. The summed E-state index contributed by atoms with van der Waals surface area (Å²) in [6, 6.07) is 9.36. The lowest BCUT2D eigenvalue weighted by Crippen LogP contribution is -2.47. The zero-order chi connectivity index (χ0) is 18.3. The molecular formula is C19H27N3O3. The van der Waals surface area contributed by atoms with E-state index in [2.05, 4.69) is 10.6 Å². The molecule has 1 heterocycles. The minimum atomic E-state index is -0.842. The van der Waals surface area contributed by atoms with Crippen molar-refractivity contribution in [3.8, 4) is 0 Å². The number of hydrogen-bond acceptors (Lipinski definition) is 3. The zero-order valence-electron chi connectivity index (χ0n) is 15.0. The van der Waals surface area contributed by atoms with E-state index in [0.717, 1.165) is 23.3 Å². The number of carbonyl (C=O) groups excluding carboxylic acids is 3. The molecule has 6 heteroatoms. The van der Waals surface area contributed by atoms with Gasteiger partial charge in [-0.1, -0.05) is 57.0 Å². The van der Waals surface area contributed by atoms with Gasteiger partial charge in [-0.3, -0.25) is 14.5 Å². The molecule has 2 rings (SSSR count). The largest absolute Gasteiger partial charge is 0.354 e. The second-order valence-corrected chi connectivity index (χ2v) is 6.49. The van der Waals surface area contributed by atoms with Crippen molar-refractivity contribution >= 4 is 17.8 Å². The van der Waals surface area contributed by atoms with Crippen LogP contribution in [0.1, 0.15) is 45.1 Å². The predicted molar refractivity (Wildman–Crippen MR) is 95.9 cm³/mol. The van der Waals surface area contributed by atoms with Gasteiger partial charge in [0.05, 0.1) is 0 Å². The first-order valence-corrected chi connectivity index (χ1v) is 8.97. The lowest BCUT2D eigenvalue weighted by atomic mass is 9.88. The predicted octanol–water partition coefficient (Wildman–Crippen LogP) is 2.24. The van der Waals surface area contributed by atoms with Gasteiger partial charge < -0.3 is 10.6 Å². The Hall–Kier alpha value is -2.37. The highest BCUT2D eigenvalue weighted by Crippen LogP contribution is 2.27. The number of carbonyl (C=O) groups is 3. The highest BCUT2D eigenvalue weighted by Gasteiger charge is 2.50. The standard InChI is InChI=1S/C19H27N3O3/c1-3-11-19(12-4-2)17(24)22(18(25)21-19)14-16(23)20-13-10-15-8-6-5-7-9-15/h5-9H,3-4,10-14H2,1-2H3,(H,20,23)(H,21,25). The summed E-state index contributed by atoms with van der Waals surface area (Å²) in [6.45, 7) is 4.21. The average Bonchev–Trinajstić information content (AvgIpc) is 2.81. The molecule has 0 bridgehead atoms. The number of imide groups is 1. The van der Waals surface area contributed by atoms with Crippen LogP contribution in [-0.2, 0) is 16.0 Å². The van der Waals surface area contributed by atoms with Gasteiger partial charge in [-0.15, -0.1) is 0 Å². The van der Waals surface area contributed by atoms with Crippen LogP contribution in [-0.4, -0.2) is 41.4 Å². The Bertz CT molecular complexity index is 610. The molecule has 25 heavy (non-hydrogen) atoms. The molecule has 6 nitrogen and oxygen atoms in total. The molecule has 136 valence electrons. The number of benzene rings is 1. The molecule has 0 aliphatic carbocycles. The number of hydrogen-bond donors (Lipinski definition) is 2. The van der Waals surface area contributed by atoms with Gasteiger partial charge in [0.1, 0.15) is 12.1 Å². The summed E-state index contributed by atoms with van der Waals surface area (Å²) < 4.78 is 0. The van der Waals surface area contributed by atoms with Crippen LogP contribution >= 0.6 is 0 Å². The van der Waals surface area contributed by atoms with Crippen molar-refractivity contribution in [1.29, 1.82) is 0 Å². The molecule has 1 aliphatic rings. The van der Waals surface area contributed by atoms with E-state index in [1.165, 1.54) is 0 Å². The normalized spacial score (nSPS) is 16.0. The van der Waals surface area contributed by atoms with E-state index in [0.29, 0.717) is 25.8 Å². The number of nitrogens with one attached hydrogen (secondary N) is 2. The Kier molecular flexibility index (Phi) is 6.56.